The summed E-state index contributed by atoms with van der Waals surface area (Å²) < 4.78 is 15.0. The number of aliphatic hydroxyl groups is 1. The molecular weight excluding hydrogens is 148 g/mol. The lowest BCUT2D eigenvalue weighted by atomic mass is 10.4. The van der Waals surface area contributed by atoms with Gasteiger partial charge in [0.1, 0.15) is 6.10 Å². The smallest absolute Gasteiger partial charge is 0.183 e. The summed E-state index contributed by atoms with van der Waals surface area (Å²) in [5.74, 6) is 0. The van der Waals surface area contributed by atoms with E-state index < -0.39 is 6.29 Å². The molecule has 2 atom stereocenters. The highest BCUT2D eigenvalue weighted by atomic mass is 16.7. The van der Waals surface area contributed by atoms with Crippen LogP contribution in [-0.4, -0.2) is 44.9 Å². The lowest BCUT2D eigenvalue weighted by Crippen LogP contribution is -2.30. The van der Waals surface area contributed by atoms with Crippen molar-refractivity contribution < 1.29 is 19.3 Å². The first-order valence-electron chi connectivity index (χ1n) is 3.54. The molecule has 0 rings (SSSR count). The number of ether oxygens (including phenoxy) is 3. The van der Waals surface area contributed by atoms with E-state index in [4.69, 9.17) is 19.3 Å². The highest BCUT2D eigenvalue weighted by Crippen LogP contribution is 2.02. The second-order valence-electron chi connectivity index (χ2n) is 2.14. The van der Waals surface area contributed by atoms with Gasteiger partial charge in [0.25, 0.3) is 0 Å². The van der Waals surface area contributed by atoms with Gasteiger partial charge in [-0.05, 0) is 6.92 Å². The molecule has 0 aliphatic carbocycles. The average molecular weight is 164 g/mol. The monoisotopic (exact) mass is 164 g/mol. The van der Waals surface area contributed by atoms with Crippen LogP contribution in [0.3, 0.4) is 0 Å². The molecular formula is C7H16O4. The minimum atomic E-state index is -0.396. The van der Waals surface area contributed by atoms with E-state index in [1.54, 1.807) is 7.11 Å². The van der Waals surface area contributed by atoms with Crippen LogP contribution in [0, 0.1) is 0 Å². The highest BCUT2D eigenvalue weighted by Gasteiger charge is 2.15. The second-order valence-corrected chi connectivity index (χ2v) is 2.14. The van der Waals surface area contributed by atoms with E-state index in [0.717, 1.165) is 0 Å². The molecule has 0 radical (unpaired) electrons. The van der Waals surface area contributed by atoms with E-state index in [1.807, 2.05) is 6.92 Å². The number of hydrogen-bond acceptors (Lipinski definition) is 4. The molecule has 0 aromatic heterocycles. The number of rotatable bonds is 6. The van der Waals surface area contributed by atoms with Gasteiger partial charge in [-0.2, -0.15) is 0 Å². The second kappa shape index (κ2) is 6.54. The minimum Gasteiger partial charge on any atom is -0.394 e. The first kappa shape index (κ1) is 10.8. The maximum absolute atomic E-state index is 8.44. The van der Waals surface area contributed by atoms with Crippen molar-refractivity contribution in [3.05, 3.63) is 0 Å². The summed E-state index contributed by atoms with van der Waals surface area (Å²) in [6, 6.07) is 0. The molecule has 0 saturated heterocycles. The van der Waals surface area contributed by atoms with Crippen LogP contribution in [0.5, 0.6) is 0 Å². The topological polar surface area (TPSA) is 47.9 Å². The summed E-state index contributed by atoms with van der Waals surface area (Å²) in [6.07, 6.45) is -0.515. The molecule has 1 N–H and O–H groups in total. The minimum absolute atomic E-state index is 0.00368. The van der Waals surface area contributed by atoms with Gasteiger partial charge in [-0.1, -0.05) is 0 Å². The Morgan fingerprint density at radius 1 is 1.27 bits per heavy atom. The summed E-state index contributed by atoms with van der Waals surface area (Å²) in [6.45, 7) is 2.11. The third-order valence-electron chi connectivity index (χ3n) is 1.36. The van der Waals surface area contributed by atoms with Crippen LogP contribution in [0.15, 0.2) is 0 Å². The van der Waals surface area contributed by atoms with Gasteiger partial charge in [0.15, 0.2) is 6.29 Å². The maximum atomic E-state index is 8.44. The van der Waals surface area contributed by atoms with E-state index >= 15 is 0 Å². The Morgan fingerprint density at radius 3 is 2.27 bits per heavy atom. The van der Waals surface area contributed by atoms with Gasteiger partial charge in [0.05, 0.1) is 13.2 Å². The SMILES string of the molecule is COC(C)C(OC)OCCO. The van der Waals surface area contributed by atoms with Crippen molar-refractivity contribution in [2.45, 2.75) is 19.3 Å². The van der Waals surface area contributed by atoms with Gasteiger partial charge in [-0.15, -0.1) is 0 Å². The van der Waals surface area contributed by atoms with Crippen LogP contribution in [-0.2, 0) is 14.2 Å². The van der Waals surface area contributed by atoms with Crippen molar-refractivity contribution >= 4 is 0 Å². The van der Waals surface area contributed by atoms with Crippen LogP contribution in [0.25, 0.3) is 0 Å². The van der Waals surface area contributed by atoms with Crippen LogP contribution < -0.4 is 0 Å². The Balaban J connectivity index is 3.56. The molecule has 4 nitrogen and oxygen atoms in total. The standard InChI is InChI=1S/C7H16O4/c1-6(9-2)7(10-3)11-5-4-8/h6-8H,4-5H2,1-3H3. The van der Waals surface area contributed by atoms with Crippen molar-refractivity contribution in [2.75, 3.05) is 27.4 Å². The maximum Gasteiger partial charge on any atom is 0.183 e. The largest absolute Gasteiger partial charge is 0.394 e. The predicted molar refractivity (Wildman–Crippen MR) is 40.3 cm³/mol. The number of methoxy groups -OCH3 is 2. The summed E-state index contributed by atoms with van der Waals surface area (Å²) >= 11 is 0. The number of hydrogen-bond donors (Lipinski definition) is 1. The van der Waals surface area contributed by atoms with Gasteiger partial charge >= 0.3 is 0 Å². The van der Waals surface area contributed by atoms with Crippen LogP contribution in [0.4, 0.5) is 0 Å². The van der Waals surface area contributed by atoms with Gasteiger partial charge in [-0.3, -0.25) is 0 Å². The first-order valence-corrected chi connectivity index (χ1v) is 3.54. The Kier molecular flexibility index (Phi) is 6.45. The molecule has 0 saturated carbocycles. The van der Waals surface area contributed by atoms with Crippen LogP contribution in [0.2, 0.25) is 0 Å². The van der Waals surface area contributed by atoms with Crippen LogP contribution in [0.1, 0.15) is 6.92 Å². The van der Waals surface area contributed by atoms with Crippen molar-refractivity contribution in [1.29, 1.82) is 0 Å². The fourth-order valence-corrected chi connectivity index (χ4v) is 0.675. The molecule has 0 amide bonds. The van der Waals surface area contributed by atoms with E-state index in [1.165, 1.54) is 7.11 Å². The zero-order valence-electron chi connectivity index (χ0n) is 7.24. The molecule has 0 aliphatic rings. The quantitative estimate of drug-likeness (QED) is 0.561. The Hall–Kier alpha value is -0.160. The zero-order chi connectivity index (χ0) is 8.69. The molecule has 0 aromatic carbocycles. The molecule has 0 spiro atoms. The molecule has 11 heavy (non-hydrogen) atoms. The lowest BCUT2D eigenvalue weighted by Gasteiger charge is -2.20. The Morgan fingerprint density at radius 2 is 1.91 bits per heavy atom. The van der Waals surface area contributed by atoms with Crippen LogP contribution >= 0.6 is 0 Å². The molecule has 0 aromatic rings. The van der Waals surface area contributed by atoms with Gasteiger partial charge in [-0.25, -0.2) is 0 Å². The van der Waals surface area contributed by atoms with Crippen molar-refractivity contribution in [3.63, 3.8) is 0 Å². The van der Waals surface area contributed by atoms with Gasteiger partial charge < -0.3 is 19.3 Å². The van der Waals surface area contributed by atoms with E-state index in [0.29, 0.717) is 0 Å². The lowest BCUT2D eigenvalue weighted by molar-refractivity contribution is -0.185. The van der Waals surface area contributed by atoms with Gasteiger partial charge in [0, 0.05) is 14.2 Å². The van der Waals surface area contributed by atoms with E-state index in [9.17, 15) is 0 Å². The zero-order valence-corrected chi connectivity index (χ0v) is 7.24. The molecule has 68 valence electrons. The van der Waals surface area contributed by atoms with E-state index in [-0.39, 0.29) is 19.3 Å². The van der Waals surface area contributed by atoms with Crippen molar-refractivity contribution in [1.82, 2.24) is 0 Å². The predicted octanol–water partition coefficient (Wildman–Crippen LogP) is 0.00270. The van der Waals surface area contributed by atoms with Gasteiger partial charge in [0.2, 0.25) is 0 Å². The molecule has 0 bridgehead atoms. The highest BCUT2D eigenvalue weighted by molar-refractivity contribution is 4.53. The molecule has 0 fully saturated rings. The summed E-state index contributed by atoms with van der Waals surface area (Å²) in [5.41, 5.74) is 0. The Labute approximate surface area is 67.1 Å². The van der Waals surface area contributed by atoms with Crippen molar-refractivity contribution in [2.24, 2.45) is 0 Å². The van der Waals surface area contributed by atoms with Crippen molar-refractivity contribution in [3.8, 4) is 0 Å². The average Bonchev–Trinajstić information content (AvgIpc) is 2.05. The normalized spacial score (nSPS) is 16.4. The number of aliphatic hydroxyl groups excluding tert-OH is 1. The third kappa shape index (κ3) is 4.31. The molecule has 0 aliphatic heterocycles. The molecule has 0 heterocycles. The first-order chi connectivity index (χ1) is 5.26. The summed E-state index contributed by atoms with van der Waals surface area (Å²) in [5, 5.41) is 8.44. The fourth-order valence-electron chi connectivity index (χ4n) is 0.675. The summed E-state index contributed by atoms with van der Waals surface area (Å²) in [7, 11) is 3.12. The molecule has 4 heteroatoms. The molecule has 2 unspecified atom stereocenters. The summed E-state index contributed by atoms with van der Waals surface area (Å²) in [4.78, 5) is 0. The fraction of sp³-hybridized carbons (Fsp3) is 1.00. The van der Waals surface area contributed by atoms with E-state index in [2.05, 4.69) is 0 Å². The third-order valence-corrected chi connectivity index (χ3v) is 1.36. The Bertz CT molecular complexity index is 86.5.